The standard InChI is InChI=1S/C21H26O2/c1-12-9-15(7-8-17(12)22)21(6)11-20(4,5)16-10-13(2)19(23)14(3)18(16)21/h7-10,22-23H,11H2,1-6H3. The van der Waals surface area contributed by atoms with Crippen molar-refractivity contribution in [3.8, 4) is 11.5 Å². The first-order valence-electron chi connectivity index (χ1n) is 8.22. The van der Waals surface area contributed by atoms with Crippen LogP contribution in [0.3, 0.4) is 0 Å². The molecule has 23 heavy (non-hydrogen) atoms. The molecule has 2 nitrogen and oxygen atoms in total. The lowest BCUT2D eigenvalue weighted by Gasteiger charge is -2.30. The molecule has 1 aliphatic carbocycles. The second kappa shape index (κ2) is 4.77. The average Bonchev–Trinajstić information content (AvgIpc) is 2.66. The van der Waals surface area contributed by atoms with Crippen LogP contribution in [0.4, 0.5) is 0 Å². The monoisotopic (exact) mass is 310 g/mol. The molecule has 0 saturated heterocycles. The fourth-order valence-corrected chi connectivity index (χ4v) is 4.53. The van der Waals surface area contributed by atoms with Crippen molar-refractivity contribution in [1.82, 2.24) is 0 Å². The van der Waals surface area contributed by atoms with Gasteiger partial charge in [0.1, 0.15) is 11.5 Å². The second-order valence-corrected chi connectivity index (χ2v) is 7.98. The summed E-state index contributed by atoms with van der Waals surface area (Å²) >= 11 is 0. The molecule has 0 aromatic heterocycles. The number of aromatic hydroxyl groups is 2. The molecular formula is C21H26O2. The van der Waals surface area contributed by atoms with Crippen LogP contribution in [0.5, 0.6) is 11.5 Å². The summed E-state index contributed by atoms with van der Waals surface area (Å²) in [7, 11) is 0. The molecule has 1 aliphatic rings. The molecule has 1 unspecified atom stereocenters. The van der Waals surface area contributed by atoms with E-state index in [-0.39, 0.29) is 10.8 Å². The van der Waals surface area contributed by atoms with Crippen molar-refractivity contribution in [3.63, 3.8) is 0 Å². The summed E-state index contributed by atoms with van der Waals surface area (Å²) in [5, 5.41) is 20.3. The Morgan fingerprint density at radius 2 is 1.57 bits per heavy atom. The maximum Gasteiger partial charge on any atom is 0.121 e. The molecule has 0 heterocycles. The van der Waals surface area contributed by atoms with E-state index in [9.17, 15) is 10.2 Å². The number of hydrogen-bond acceptors (Lipinski definition) is 2. The van der Waals surface area contributed by atoms with Gasteiger partial charge < -0.3 is 10.2 Å². The predicted molar refractivity (Wildman–Crippen MR) is 94.5 cm³/mol. The smallest absolute Gasteiger partial charge is 0.121 e. The maximum absolute atomic E-state index is 10.5. The third kappa shape index (κ3) is 2.15. The molecule has 2 aromatic carbocycles. The van der Waals surface area contributed by atoms with Crippen molar-refractivity contribution < 1.29 is 10.2 Å². The van der Waals surface area contributed by atoms with Crippen LogP contribution in [0.25, 0.3) is 0 Å². The van der Waals surface area contributed by atoms with Crippen LogP contribution in [0.1, 0.15) is 60.6 Å². The van der Waals surface area contributed by atoms with Gasteiger partial charge in [-0.25, -0.2) is 0 Å². The molecule has 0 aliphatic heterocycles. The average molecular weight is 310 g/mol. The Bertz CT molecular complexity index is 802. The number of rotatable bonds is 1. The van der Waals surface area contributed by atoms with E-state index < -0.39 is 0 Å². The van der Waals surface area contributed by atoms with Gasteiger partial charge in [-0.05, 0) is 72.1 Å². The molecule has 2 aromatic rings. The van der Waals surface area contributed by atoms with Gasteiger partial charge >= 0.3 is 0 Å². The second-order valence-electron chi connectivity index (χ2n) is 7.98. The van der Waals surface area contributed by atoms with Crippen molar-refractivity contribution in [2.75, 3.05) is 0 Å². The summed E-state index contributed by atoms with van der Waals surface area (Å²) in [5.41, 5.74) is 6.49. The molecule has 0 amide bonds. The zero-order chi connectivity index (χ0) is 17.2. The highest BCUT2D eigenvalue weighted by atomic mass is 16.3. The molecule has 0 spiro atoms. The fraction of sp³-hybridized carbons (Fsp3) is 0.429. The number of phenols is 2. The molecule has 0 radical (unpaired) electrons. The van der Waals surface area contributed by atoms with E-state index in [0.717, 1.165) is 23.1 Å². The van der Waals surface area contributed by atoms with Crippen LogP contribution in [-0.2, 0) is 10.8 Å². The largest absolute Gasteiger partial charge is 0.508 e. The minimum Gasteiger partial charge on any atom is -0.508 e. The van der Waals surface area contributed by atoms with E-state index in [1.165, 1.54) is 16.7 Å². The number of aryl methyl sites for hydroxylation is 2. The molecule has 122 valence electrons. The summed E-state index contributed by atoms with van der Waals surface area (Å²) < 4.78 is 0. The van der Waals surface area contributed by atoms with Gasteiger partial charge in [-0.2, -0.15) is 0 Å². The number of phenolic OH excluding ortho intramolecular Hbond substituents is 2. The Balaban J connectivity index is 2.32. The quantitative estimate of drug-likeness (QED) is 0.777. The summed E-state index contributed by atoms with van der Waals surface area (Å²) in [6, 6.07) is 8.03. The predicted octanol–water partition coefficient (Wildman–Crippen LogP) is 5.01. The third-order valence-corrected chi connectivity index (χ3v) is 5.64. The Labute approximate surface area is 138 Å². The zero-order valence-electron chi connectivity index (χ0n) is 14.9. The highest BCUT2D eigenvalue weighted by molar-refractivity contribution is 5.61. The summed E-state index contributed by atoms with van der Waals surface area (Å²) in [6.07, 6.45) is 0.989. The van der Waals surface area contributed by atoms with E-state index >= 15 is 0 Å². The van der Waals surface area contributed by atoms with Gasteiger partial charge in [0.2, 0.25) is 0 Å². The number of fused-ring (bicyclic) bond motifs is 1. The minimum atomic E-state index is -0.160. The summed E-state index contributed by atoms with van der Waals surface area (Å²) in [5.74, 6) is 0.737. The van der Waals surface area contributed by atoms with Gasteiger partial charge in [0.25, 0.3) is 0 Å². The van der Waals surface area contributed by atoms with Crippen molar-refractivity contribution in [1.29, 1.82) is 0 Å². The van der Waals surface area contributed by atoms with Crippen molar-refractivity contribution in [2.24, 2.45) is 0 Å². The summed E-state index contributed by atoms with van der Waals surface area (Å²) in [4.78, 5) is 0. The lowest BCUT2D eigenvalue weighted by atomic mass is 9.73. The minimum absolute atomic E-state index is 0.0547. The molecule has 2 heteroatoms. The highest BCUT2D eigenvalue weighted by Crippen LogP contribution is 2.55. The first-order valence-corrected chi connectivity index (χ1v) is 8.22. The lowest BCUT2D eigenvalue weighted by molar-refractivity contribution is 0.422. The third-order valence-electron chi connectivity index (χ3n) is 5.64. The zero-order valence-corrected chi connectivity index (χ0v) is 14.9. The van der Waals surface area contributed by atoms with Crippen molar-refractivity contribution >= 4 is 0 Å². The van der Waals surface area contributed by atoms with E-state index in [4.69, 9.17) is 0 Å². The van der Waals surface area contributed by atoms with Gasteiger partial charge in [0.05, 0.1) is 0 Å². The van der Waals surface area contributed by atoms with E-state index in [0.29, 0.717) is 11.5 Å². The van der Waals surface area contributed by atoms with E-state index in [1.807, 2.05) is 26.8 Å². The molecule has 2 N–H and O–H groups in total. The first kappa shape index (κ1) is 15.9. The van der Waals surface area contributed by atoms with Gasteiger partial charge in [-0.1, -0.05) is 39.0 Å². The van der Waals surface area contributed by atoms with Gasteiger partial charge in [0, 0.05) is 5.41 Å². The molecular weight excluding hydrogens is 284 g/mol. The molecule has 0 bridgehead atoms. The Morgan fingerprint density at radius 3 is 2.17 bits per heavy atom. The van der Waals surface area contributed by atoms with Gasteiger partial charge in [0.15, 0.2) is 0 Å². The van der Waals surface area contributed by atoms with Crippen LogP contribution >= 0.6 is 0 Å². The highest BCUT2D eigenvalue weighted by Gasteiger charge is 2.47. The Morgan fingerprint density at radius 1 is 0.913 bits per heavy atom. The van der Waals surface area contributed by atoms with Crippen LogP contribution in [0.2, 0.25) is 0 Å². The normalized spacial score (nSPS) is 22.2. The summed E-state index contributed by atoms with van der Waals surface area (Å²) in [6.45, 7) is 12.7. The van der Waals surface area contributed by atoms with E-state index in [1.54, 1.807) is 6.07 Å². The van der Waals surface area contributed by atoms with Crippen molar-refractivity contribution in [2.45, 2.75) is 58.8 Å². The first-order chi connectivity index (χ1) is 10.6. The SMILES string of the molecule is Cc1cc(C2(C)CC(C)(C)c3cc(C)c(O)c(C)c32)ccc1O. The maximum atomic E-state index is 10.5. The molecule has 3 rings (SSSR count). The van der Waals surface area contributed by atoms with Crippen LogP contribution in [0.15, 0.2) is 24.3 Å². The van der Waals surface area contributed by atoms with Crippen LogP contribution < -0.4 is 0 Å². The molecule has 1 atom stereocenters. The van der Waals surface area contributed by atoms with Gasteiger partial charge in [-0.15, -0.1) is 0 Å². The van der Waals surface area contributed by atoms with Crippen molar-refractivity contribution in [3.05, 3.63) is 57.6 Å². The van der Waals surface area contributed by atoms with Gasteiger partial charge in [-0.3, -0.25) is 0 Å². The van der Waals surface area contributed by atoms with E-state index in [2.05, 4.69) is 32.9 Å². The molecule has 0 saturated carbocycles. The Hall–Kier alpha value is -1.96. The Kier molecular flexibility index (Phi) is 3.30. The lowest BCUT2D eigenvalue weighted by Crippen LogP contribution is -2.24. The molecule has 0 fully saturated rings. The fourth-order valence-electron chi connectivity index (χ4n) is 4.53. The van der Waals surface area contributed by atoms with Crippen LogP contribution in [0, 0.1) is 20.8 Å². The number of benzene rings is 2. The number of hydrogen-bond donors (Lipinski definition) is 2. The van der Waals surface area contributed by atoms with Crippen LogP contribution in [-0.4, -0.2) is 10.2 Å². The topological polar surface area (TPSA) is 40.5 Å².